The fourth-order valence-electron chi connectivity index (χ4n) is 1.52. The van der Waals surface area contributed by atoms with Gasteiger partial charge in [0.25, 0.3) is 5.69 Å². The minimum Gasteiger partial charge on any atom is -0.492 e. The average molecular weight is 361 g/mol. The van der Waals surface area contributed by atoms with Crippen molar-refractivity contribution in [3.63, 3.8) is 0 Å². The summed E-state index contributed by atoms with van der Waals surface area (Å²) in [5.41, 5.74) is 4.60. The van der Waals surface area contributed by atoms with Gasteiger partial charge >= 0.3 is 5.97 Å². The molecule has 21 heavy (non-hydrogen) atoms. The second-order valence-electron chi connectivity index (χ2n) is 4.58. The maximum absolute atomic E-state index is 11.6. The second-order valence-corrected chi connectivity index (χ2v) is 5.38. The van der Waals surface area contributed by atoms with Gasteiger partial charge in [-0.3, -0.25) is 14.9 Å². The van der Waals surface area contributed by atoms with E-state index < -0.39 is 16.4 Å². The summed E-state index contributed by atoms with van der Waals surface area (Å²) in [6, 6.07) is 4.48. The number of ether oxygens (including phenoxy) is 2. The van der Waals surface area contributed by atoms with Gasteiger partial charge in [-0.2, -0.15) is 0 Å². The third kappa shape index (κ3) is 4.68. The molecule has 8 heteroatoms. The highest BCUT2D eigenvalue weighted by molar-refractivity contribution is 9.10. The Morgan fingerprint density at radius 1 is 1.52 bits per heavy atom. The van der Waals surface area contributed by atoms with E-state index in [0.717, 1.165) is 0 Å². The molecule has 0 fully saturated rings. The smallest absolute Gasteiger partial charge is 0.325 e. The number of rotatable bonds is 7. The first kappa shape index (κ1) is 17.4. The molecule has 1 atom stereocenters. The van der Waals surface area contributed by atoms with Gasteiger partial charge in [0.05, 0.1) is 18.1 Å². The van der Waals surface area contributed by atoms with Crippen LogP contribution in [0, 0.1) is 10.1 Å². The quantitative estimate of drug-likeness (QED) is 0.454. The zero-order chi connectivity index (χ0) is 16.0. The van der Waals surface area contributed by atoms with Gasteiger partial charge in [0, 0.05) is 12.5 Å². The number of carbonyl (C=O) groups excluding carboxylic acids is 1. The monoisotopic (exact) mass is 360 g/mol. The number of hydrogen-bond donors (Lipinski definition) is 1. The number of nitrogens with two attached hydrogens (primary N) is 1. The molecule has 0 aliphatic rings. The van der Waals surface area contributed by atoms with Crippen molar-refractivity contribution in [2.24, 2.45) is 5.73 Å². The molecule has 116 valence electrons. The highest BCUT2D eigenvalue weighted by Gasteiger charge is 2.30. The van der Waals surface area contributed by atoms with Gasteiger partial charge in [-0.1, -0.05) is 6.07 Å². The van der Waals surface area contributed by atoms with Crippen LogP contribution in [0.4, 0.5) is 5.69 Å². The molecular weight excluding hydrogens is 344 g/mol. The maximum atomic E-state index is 11.6. The van der Waals surface area contributed by atoms with Crippen LogP contribution in [-0.2, 0) is 9.53 Å². The predicted octanol–water partition coefficient (Wildman–Crippen LogP) is 2.41. The summed E-state index contributed by atoms with van der Waals surface area (Å²) in [5.74, 6) is -0.185. The number of esters is 1. The highest BCUT2D eigenvalue weighted by Crippen LogP contribution is 2.33. The fourth-order valence-corrected chi connectivity index (χ4v) is 2.05. The van der Waals surface area contributed by atoms with Gasteiger partial charge in [0.15, 0.2) is 0 Å². The minimum atomic E-state index is -1.16. The van der Waals surface area contributed by atoms with Crippen molar-refractivity contribution in [1.82, 2.24) is 0 Å². The van der Waals surface area contributed by atoms with Gasteiger partial charge in [-0.05, 0) is 35.8 Å². The molecule has 0 aliphatic carbocycles. The van der Waals surface area contributed by atoms with Crippen molar-refractivity contribution in [2.45, 2.75) is 25.8 Å². The standard InChI is InChI=1S/C13H17BrN2O5/c1-3-20-12(17)13(2,15)7-8-21-10-6-4-5-9(11(10)14)16(18)19/h4-6H,3,7-8,15H2,1-2H3. The number of halogens is 1. The highest BCUT2D eigenvalue weighted by atomic mass is 79.9. The van der Waals surface area contributed by atoms with Gasteiger partial charge in [0.1, 0.15) is 15.8 Å². The lowest BCUT2D eigenvalue weighted by Gasteiger charge is -2.22. The molecule has 2 N–H and O–H groups in total. The van der Waals surface area contributed by atoms with E-state index in [-0.39, 0.29) is 29.8 Å². The van der Waals surface area contributed by atoms with Crippen LogP contribution in [0.5, 0.6) is 5.75 Å². The van der Waals surface area contributed by atoms with E-state index in [2.05, 4.69) is 15.9 Å². The van der Waals surface area contributed by atoms with Crippen LogP contribution >= 0.6 is 15.9 Å². The van der Waals surface area contributed by atoms with Crippen LogP contribution in [0.25, 0.3) is 0 Å². The van der Waals surface area contributed by atoms with E-state index in [9.17, 15) is 14.9 Å². The third-order valence-corrected chi connectivity index (χ3v) is 3.56. The summed E-state index contributed by atoms with van der Waals surface area (Å²) in [7, 11) is 0. The van der Waals surface area contributed by atoms with Crippen molar-refractivity contribution in [3.8, 4) is 5.75 Å². The zero-order valence-electron chi connectivity index (χ0n) is 11.8. The number of hydrogen-bond acceptors (Lipinski definition) is 6. The minimum absolute atomic E-state index is 0.0894. The van der Waals surface area contributed by atoms with Crippen LogP contribution in [0.3, 0.4) is 0 Å². The van der Waals surface area contributed by atoms with Crippen LogP contribution in [0.2, 0.25) is 0 Å². The summed E-state index contributed by atoms with van der Waals surface area (Å²) in [6.07, 6.45) is 0.223. The van der Waals surface area contributed by atoms with Gasteiger partial charge < -0.3 is 15.2 Å². The Morgan fingerprint density at radius 2 is 2.19 bits per heavy atom. The summed E-state index contributed by atoms with van der Waals surface area (Å²) in [5, 5.41) is 10.8. The number of carbonyl (C=O) groups is 1. The first-order valence-electron chi connectivity index (χ1n) is 6.31. The number of nitro benzene ring substituents is 1. The van der Waals surface area contributed by atoms with Crippen LogP contribution in [0.15, 0.2) is 22.7 Å². The molecule has 0 aliphatic heterocycles. The number of nitro groups is 1. The molecule has 1 unspecified atom stereocenters. The Hall–Kier alpha value is -1.67. The molecular formula is C13H17BrN2O5. The molecule has 0 saturated carbocycles. The van der Waals surface area contributed by atoms with Crippen LogP contribution in [-0.4, -0.2) is 29.6 Å². The molecule has 1 rings (SSSR count). The van der Waals surface area contributed by atoms with Gasteiger partial charge in [-0.25, -0.2) is 0 Å². The van der Waals surface area contributed by atoms with E-state index in [4.69, 9.17) is 15.2 Å². The fraction of sp³-hybridized carbons (Fsp3) is 0.462. The Morgan fingerprint density at radius 3 is 2.76 bits per heavy atom. The molecule has 0 radical (unpaired) electrons. The lowest BCUT2D eigenvalue weighted by molar-refractivity contribution is -0.385. The molecule has 1 aromatic carbocycles. The zero-order valence-corrected chi connectivity index (χ0v) is 13.4. The third-order valence-electron chi connectivity index (χ3n) is 2.76. The topological polar surface area (TPSA) is 105 Å². The Balaban J connectivity index is 2.67. The maximum Gasteiger partial charge on any atom is 0.325 e. The molecule has 1 aromatic rings. The molecule has 0 spiro atoms. The average Bonchev–Trinajstić information content (AvgIpc) is 2.40. The molecule has 0 amide bonds. The van der Waals surface area contributed by atoms with E-state index in [1.54, 1.807) is 19.9 Å². The molecule has 0 bridgehead atoms. The van der Waals surface area contributed by atoms with Crippen LogP contribution < -0.4 is 10.5 Å². The first-order chi connectivity index (χ1) is 9.79. The summed E-state index contributed by atoms with van der Waals surface area (Å²) in [4.78, 5) is 21.9. The lowest BCUT2D eigenvalue weighted by atomic mass is 10.0. The molecule has 0 aromatic heterocycles. The Kier molecular flexibility index (Phi) is 6.10. The number of benzene rings is 1. The summed E-state index contributed by atoms with van der Waals surface area (Å²) >= 11 is 3.13. The van der Waals surface area contributed by atoms with E-state index >= 15 is 0 Å². The molecule has 7 nitrogen and oxygen atoms in total. The molecule has 0 heterocycles. The second kappa shape index (κ2) is 7.37. The number of nitrogens with zero attached hydrogens (tertiary/aromatic N) is 1. The van der Waals surface area contributed by atoms with E-state index in [0.29, 0.717) is 5.75 Å². The Bertz CT molecular complexity index is 533. The van der Waals surface area contributed by atoms with Crippen molar-refractivity contribution in [3.05, 3.63) is 32.8 Å². The predicted molar refractivity (Wildman–Crippen MR) is 80.1 cm³/mol. The molecule has 0 saturated heterocycles. The van der Waals surface area contributed by atoms with Crippen molar-refractivity contribution < 1.29 is 19.2 Å². The lowest BCUT2D eigenvalue weighted by Crippen LogP contribution is -2.47. The normalized spacial score (nSPS) is 13.3. The van der Waals surface area contributed by atoms with Crippen molar-refractivity contribution in [1.29, 1.82) is 0 Å². The van der Waals surface area contributed by atoms with Gasteiger partial charge in [0.2, 0.25) is 0 Å². The van der Waals surface area contributed by atoms with Crippen LogP contribution in [0.1, 0.15) is 20.3 Å². The van der Waals surface area contributed by atoms with Crippen molar-refractivity contribution >= 4 is 27.6 Å². The van der Waals surface area contributed by atoms with E-state index in [1.165, 1.54) is 12.1 Å². The summed E-state index contributed by atoms with van der Waals surface area (Å²) < 4.78 is 10.6. The summed E-state index contributed by atoms with van der Waals surface area (Å²) in [6.45, 7) is 3.63. The SMILES string of the molecule is CCOC(=O)C(C)(N)CCOc1cccc([N+](=O)[O-])c1Br. The van der Waals surface area contributed by atoms with Gasteiger partial charge in [-0.15, -0.1) is 0 Å². The largest absolute Gasteiger partial charge is 0.492 e. The van der Waals surface area contributed by atoms with Crippen molar-refractivity contribution in [2.75, 3.05) is 13.2 Å². The van der Waals surface area contributed by atoms with E-state index in [1.807, 2.05) is 0 Å². The first-order valence-corrected chi connectivity index (χ1v) is 7.10. The Labute approximate surface area is 130 Å².